The number of aromatic nitrogens is 2. The first-order valence-corrected chi connectivity index (χ1v) is 6.09. The summed E-state index contributed by atoms with van der Waals surface area (Å²) in [5, 5.41) is 0.627. The molecule has 1 aliphatic rings. The highest BCUT2D eigenvalue weighted by Gasteiger charge is 2.19. The second-order valence-corrected chi connectivity index (χ2v) is 4.53. The Morgan fingerprint density at radius 1 is 1.44 bits per heavy atom. The molecule has 1 saturated heterocycles. The third-order valence-corrected chi connectivity index (χ3v) is 3.14. The molecule has 0 bridgehead atoms. The van der Waals surface area contributed by atoms with E-state index in [1.54, 1.807) is 6.07 Å². The Hall–Kier alpha value is -1.88. The lowest BCUT2D eigenvalue weighted by atomic mass is 10.2. The fourth-order valence-electron chi connectivity index (χ4n) is 2.23. The standard InChI is InChI=1S/C13H15N3O2/c1-9-8-16(6-7-18-9)13-14-11-5-3-2-4-10(11)12(17)15-13/h2-5,9H,6-8H2,1H3,(H,14,15,17). The van der Waals surface area contributed by atoms with E-state index in [0.29, 0.717) is 17.9 Å². The SMILES string of the molecule is CC1CN(c2nc3ccccc3c(=O)[nH]2)CCO1. The Morgan fingerprint density at radius 3 is 3.11 bits per heavy atom. The molecule has 1 aromatic heterocycles. The number of hydrogen-bond acceptors (Lipinski definition) is 4. The molecule has 2 heterocycles. The minimum absolute atomic E-state index is 0.0882. The van der Waals surface area contributed by atoms with Gasteiger partial charge in [-0.2, -0.15) is 0 Å². The number of anilines is 1. The van der Waals surface area contributed by atoms with Crippen molar-refractivity contribution >= 4 is 16.9 Å². The fourth-order valence-corrected chi connectivity index (χ4v) is 2.23. The van der Waals surface area contributed by atoms with Crippen LogP contribution in [0, 0.1) is 0 Å². The van der Waals surface area contributed by atoms with Crippen LogP contribution in [0.1, 0.15) is 6.92 Å². The van der Waals surface area contributed by atoms with Gasteiger partial charge in [-0.3, -0.25) is 9.78 Å². The number of hydrogen-bond donors (Lipinski definition) is 1. The lowest BCUT2D eigenvalue weighted by molar-refractivity contribution is 0.0526. The predicted molar refractivity (Wildman–Crippen MR) is 70.0 cm³/mol. The molecular formula is C13H15N3O2. The van der Waals surface area contributed by atoms with Crippen molar-refractivity contribution in [3.63, 3.8) is 0 Å². The van der Waals surface area contributed by atoms with Gasteiger partial charge in [0.15, 0.2) is 0 Å². The highest BCUT2D eigenvalue weighted by atomic mass is 16.5. The quantitative estimate of drug-likeness (QED) is 0.818. The average molecular weight is 245 g/mol. The predicted octanol–water partition coefficient (Wildman–Crippen LogP) is 1.15. The molecule has 0 saturated carbocycles. The van der Waals surface area contributed by atoms with Crippen LogP contribution in [0.15, 0.2) is 29.1 Å². The molecule has 0 spiro atoms. The van der Waals surface area contributed by atoms with Gasteiger partial charge in [0.05, 0.1) is 23.6 Å². The van der Waals surface area contributed by atoms with Crippen molar-refractivity contribution in [1.29, 1.82) is 0 Å². The van der Waals surface area contributed by atoms with Crippen molar-refractivity contribution < 1.29 is 4.74 Å². The van der Waals surface area contributed by atoms with Crippen molar-refractivity contribution in [2.45, 2.75) is 13.0 Å². The van der Waals surface area contributed by atoms with Crippen molar-refractivity contribution in [3.05, 3.63) is 34.6 Å². The molecule has 1 unspecified atom stereocenters. The molecule has 0 aliphatic carbocycles. The summed E-state index contributed by atoms with van der Waals surface area (Å²) in [4.78, 5) is 21.4. The number of H-pyrrole nitrogens is 1. The number of fused-ring (bicyclic) bond motifs is 1. The summed E-state index contributed by atoms with van der Waals surface area (Å²) in [6, 6.07) is 7.38. The molecule has 0 amide bonds. The van der Waals surface area contributed by atoms with E-state index in [1.807, 2.05) is 25.1 Å². The lowest BCUT2D eigenvalue weighted by Crippen LogP contribution is -2.42. The molecule has 5 nitrogen and oxygen atoms in total. The molecule has 94 valence electrons. The van der Waals surface area contributed by atoms with E-state index >= 15 is 0 Å². The number of benzene rings is 1. The van der Waals surface area contributed by atoms with Gasteiger partial charge in [-0.05, 0) is 19.1 Å². The summed E-state index contributed by atoms with van der Waals surface area (Å²) < 4.78 is 5.49. The zero-order chi connectivity index (χ0) is 12.5. The van der Waals surface area contributed by atoms with E-state index < -0.39 is 0 Å². The molecular weight excluding hydrogens is 230 g/mol. The van der Waals surface area contributed by atoms with E-state index in [2.05, 4.69) is 14.9 Å². The van der Waals surface area contributed by atoms with E-state index in [4.69, 9.17) is 4.74 Å². The summed E-state index contributed by atoms with van der Waals surface area (Å²) in [5.74, 6) is 0.633. The maximum atomic E-state index is 12.0. The first-order chi connectivity index (χ1) is 8.74. The van der Waals surface area contributed by atoms with Crippen molar-refractivity contribution in [2.24, 2.45) is 0 Å². The molecule has 3 rings (SSSR count). The van der Waals surface area contributed by atoms with Gasteiger partial charge in [-0.1, -0.05) is 12.1 Å². The van der Waals surface area contributed by atoms with Crippen molar-refractivity contribution in [1.82, 2.24) is 9.97 Å². The Kier molecular flexibility index (Phi) is 2.76. The van der Waals surface area contributed by atoms with Crippen LogP contribution in [-0.4, -0.2) is 35.8 Å². The summed E-state index contributed by atoms with van der Waals surface area (Å²) in [6.07, 6.45) is 0.163. The number of aromatic amines is 1. The molecule has 0 radical (unpaired) electrons. The number of ether oxygens (including phenoxy) is 1. The number of nitrogens with one attached hydrogen (secondary N) is 1. The van der Waals surface area contributed by atoms with E-state index in [0.717, 1.165) is 18.6 Å². The van der Waals surface area contributed by atoms with E-state index in [1.165, 1.54) is 0 Å². The largest absolute Gasteiger partial charge is 0.375 e. The fraction of sp³-hybridized carbons (Fsp3) is 0.385. The molecule has 5 heteroatoms. The van der Waals surface area contributed by atoms with Gasteiger partial charge >= 0.3 is 0 Å². The highest BCUT2D eigenvalue weighted by molar-refractivity contribution is 5.78. The van der Waals surface area contributed by atoms with Crippen LogP contribution >= 0.6 is 0 Å². The van der Waals surface area contributed by atoms with Crippen LogP contribution in [0.4, 0.5) is 5.95 Å². The second kappa shape index (κ2) is 4.42. The van der Waals surface area contributed by atoms with Crippen LogP contribution in [0.25, 0.3) is 10.9 Å². The first kappa shape index (κ1) is 11.2. The Labute approximate surface area is 104 Å². The maximum absolute atomic E-state index is 12.0. The van der Waals surface area contributed by atoms with E-state index in [-0.39, 0.29) is 11.7 Å². The van der Waals surface area contributed by atoms with E-state index in [9.17, 15) is 4.79 Å². The molecule has 18 heavy (non-hydrogen) atoms. The van der Waals surface area contributed by atoms with Gasteiger partial charge in [-0.15, -0.1) is 0 Å². The summed E-state index contributed by atoms with van der Waals surface area (Å²) in [6.45, 7) is 4.19. The molecule has 1 aromatic carbocycles. The van der Waals surface area contributed by atoms with Gasteiger partial charge in [0.1, 0.15) is 0 Å². The lowest BCUT2D eigenvalue weighted by Gasteiger charge is -2.31. The Morgan fingerprint density at radius 2 is 2.28 bits per heavy atom. The molecule has 1 fully saturated rings. The van der Waals surface area contributed by atoms with Crippen LogP contribution in [-0.2, 0) is 4.74 Å². The van der Waals surface area contributed by atoms with Crippen molar-refractivity contribution in [3.8, 4) is 0 Å². The molecule has 1 N–H and O–H groups in total. The summed E-state index contributed by atoms with van der Waals surface area (Å²) in [5.41, 5.74) is 0.644. The third kappa shape index (κ3) is 1.97. The Bertz CT molecular complexity index is 623. The topological polar surface area (TPSA) is 58.2 Å². The minimum atomic E-state index is -0.0882. The highest BCUT2D eigenvalue weighted by Crippen LogP contribution is 2.14. The third-order valence-electron chi connectivity index (χ3n) is 3.14. The second-order valence-electron chi connectivity index (χ2n) is 4.53. The summed E-state index contributed by atoms with van der Waals surface area (Å²) in [7, 11) is 0. The van der Waals surface area contributed by atoms with Gasteiger partial charge in [-0.25, -0.2) is 4.98 Å². The van der Waals surface area contributed by atoms with Gasteiger partial charge < -0.3 is 9.64 Å². The molecule has 2 aromatic rings. The van der Waals surface area contributed by atoms with Crippen LogP contribution in [0.5, 0.6) is 0 Å². The van der Waals surface area contributed by atoms with Gasteiger partial charge in [0.2, 0.25) is 5.95 Å². The first-order valence-electron chi connectivity index (χ1n) is 6.09. The zero-order valence-electron chi connectivity index (χ0n) is 10.2. The monoisotopic (exact) mass is 245 g/mol. The van der Waals surface area contributed by atoms with Gasteiger partial charge in [0, 0.05) is 13.1 Å². The van der Waals surface area contributed by atoms with Crippen molar-refractivity contribution in [2.75, 3.05) is 24.6 Å². The maximum Gasteiger partial charge on any atom is 0.260 e. The number of rotatable bonds is 1. The van der Waals surface area contributed by atoms with Crippen LogP contribution < -0.4 is 10.5 Å². The van der Waals surface area contributed by atoms with Crippen LogP contribution in [0.2, 0.25) is 0 Å². The van der Waals surface area contributed by atoms with Gasteiger partial charge in [0.25, 0.3) is 5.56 Å². The molecule has 1 aliphatic heterocycles. The molecule has 1 atom stereocenters. The zero-order valence-corrected chi connectivity index (χ0v) is 10.2. The smallest absolute Gasteiger partial charge is 0.260 e. The normalized spacial score (nSPS) is 20.3. The summed E-state index contributed by atoms with van der Waals surface area (Å²) >= 11 is 0. The minimum Gasteiger partial charge on any atom is -0.375 e. The number of nitrogens with zero attached hydrogens (tertiary/aromatic N) is 2. The Balaban J connectivity index is 2.04. The van der Waals surface area contributed by atoms with Crippen LogP contribution in [0.3, 0.4) is 0 Å². The average Bonchev–Trinajstić information content (AvgIpc) is 2.39. The number of para-hydroxylation sites is 1. The number of morpholine rings is 1.